The molecule has 1 saturated heterocycles. The standard InChI is InChI=1S/C24H23ClF2N6O4/c1-32-17(15-5-6-18(37-2)21(27)20(15)26)9-29-22(32)24(36)30-12-3-4-14(16(25)7-12)23(35)31-13-10-33(11-13)19(34)8-28/h3-7,9,13H,8,10-11,28H2,1-2H3,(H,30,36)(H,31,35). The van der Waals surface area contributed by atoms with Gasteiger partial charge in [-0.3, -0.25) is 14.4 Å². The number of nitrogens with one attached hydrogen (secondary N) is 2. The fourth-order valence-electron chi connectivity index (χ4n) is 3.89. The van der Waals surface area contributed by atoms with Gasteiger partial charge in [0.15, 0.2) is 17.4 Å². The molecule has 4 rings (SSSR count). The number of carbonyl (C=O) groups is 3. The minimum atomic E-state index is -1.15. The number of benzene rings is 2. The minimum Gasteiger partial charge on any atom is -0.494 e. The number of halogens is 3. The van der Waals surface area contributed by atoms with E-state index in [0.717, 1.165) is 0 Å². The number of nitrogens with zero attached hydrogens (tertiary/aromatic N) is 3. The second-order valence-electron chi connectivity index (χ2n) is 8.29. The quantitative estimate of drug-likeness (QED) is 0.427. The lowest BCUT2D eigenvalue weighted by molar-refractivity contribution is -0.134. The van der Waals surface area contributed by atoms with E-state index in [1.54, 1.807) is 0 Å². The first kappa shape index (κ1) is 26.0. The summed E-state index contributed by atoms with van der Waals surface area (Å²) in [5, 5.41) is 5.50. The molecule has 0 unspecified atom stereocenters. The number of amides is 3. The molecule has 10 nitrogen and oxygen atoms in total. The molecule has 2 heterocycles. The number of carbonyl (C=O) groups excluding carboxylic acids is 3. The second-order valence-corrected chi connectivity index (χ2v) is 8.70. The van der Waals surface area contributed by atoms with Gasteiger partial charge >= 0.3 is 0 Å². The lowest BCUT2D eigenvalue weighted by atomic mass is 10.1. The maximum Gasteiger partial charge on any atom is 0.291 e. The van der Waals surface area contributed by atoms with E-state index in [0.29, 0.717) is 18.8 Å². The van der Waals surface area contributed by atoms with Crippen molar-refractivity contribution in [1.29, 1.82) is 0 Å². The summed E-state index contributed by atoms with van der Waals surface area (Å²) >= 11 is 6.27. The summed E-state index contributed by atoms with van der Waals surface area (Å²) in [5.74, 6) is -3.83. The van der Waals surface area contributed by atoms with E-state index in [9.17, 15) is 23.2 Å². The van der Waals surface area contributed by atoms with Crippen LogP contribution < -0.4 is 21.1 Å². The van der Waals surface area contributed by atoms with Crippen LogP contribution in [0.5, 0.6) is 5.75 Å². The number of imidazole rings is 1. The molecule has 0 aliphatic carbocycles. The van der Waals surface area contributed by atoms with Gasteiger partial charge in [0, 0.05) is 31.4 Å². The van der Waals surface area contributed by atoms with Gasteiger partial charge in [-0.2, -0.15) is 4.39 Å². The predicted octanol–water partition coefficient (Wildman–Crippen LogP) is 2.18. The third kappa shape index (κ3) is 5.11. The van der Waals surface area contributed by atoms with Gasteiger partial charge in [-0.1, -0.05) is 11.6 Å². The average Bonchev–Trinajstić information content (AvgIpc) is 3.23. The summed E-state index contributed by atoms with van der Waals surface area (Å²) in [5.41, 5.74) is 5.89. The van der Waals surface area contributed by atoms with E-state index in [2.05, 4.69) is 15.6 Å². The number of ether oxygens (including phenoxy) is 1. The Labute approximate surface area is 215 Å². The Bertz CT molecular complexity index is 1390. The van der Waals surface area contributed by atoms with Gasteiger partial charge in [0.2, 0.25) is 11.7 Å². The summed E-state index contributed by atoms with van der Waals surface area (Å²) < 4.78 is 34.8. The van der Waals surface area contributed by atoms with E-state index in [1.165, 1.54) is 60.2 Å². The van der Waals surface area contributed by atoms with Crippen LogP contribution >= 0.6 is 11.6 Å². The first-order valence-corrected chi connectivity index (χ1v) is 11.5. The Morgan fingerprint density at radius 1 is 1.16 bits per heavy atom. The maximum absolute atomic E-state index is 14.5. The highest BCUT2D eigenvalue weighted by molar-refractivity contribution is 6.34. The SMILES string of the molecule is COc1ccc(-c2cnc(C(=O)Nc3ccc(C(=O)NC4CN(C(=O)CN)C4)c(Cl)c3)n2C)c(F)c1F. The fourth-order valence-corrected chi connectivity index (χ4v) is 4.15. The third-order valence-corrected chi connectivity index (χ3v) is 6.26. The number of hydrogen-bond donors (Lipinski definition) is 3. The molecule has 3 aromatic rings. The van der Waals surface area contributed by atoms with Crippen molar-refractivity contribution in [3.8, 4) is 17.0 Å². The van der Waals surface area contributed by atoms with Gasteiger partial charge in [0.05, 0.1) is 42.2 Å². The highest BCUT2D eigenvalue weighted by Gasteiger charge is 2.31. The van der Waals surface area contributed by atoms with E-state index in [-0.39, 0.29) is 51.9 Å². The molecular weight excluding hydrogens is 510 g/mol. The van der Waals surface area contributed by atoms with Crippen LogP contribution in [-0.2, 0) is 11.8 Å². The molecule has 4 N–H and O–H groups in total. The summed E-state index contributed by atoms with van der Waals surface area (Å²) in [6, 6.07) is 6.75. The maximum atomic E-state index is 14.5. The molecule has 1 aromatic heterocycles. The Hall–Kier alpha value is -4.03. The van der Waals surface area contributed by atoms with Crippen molar-refractivity contribution >= 4 is 35.0 Å². The van der Waals surface area contributed by atoms with Gasteiger partial charge in [-0.05, 0) is 30.3 Å². The molecule has 194 valence electrons. The number of nitrogens with two attached hydrogens (primary N) is 1. The van der Waals surface area contributed by atoms with Crippen LogP contribution in [0.4, 0.5) is 14.5 Å². The number of likely N-dealkylation sites (tertiary alicyclic amines) is 1. The lowest BCUT2D eigenvalue weighted by Gasteiger charge is -2.39. The zero-order chi connectivity index (χ0) is 26.9. The van der Waals surface area contributed by atoms with Crippen LogP contribution in [0, 0.1) is 11.6 Å². The largest absolute Gasteiger partial charge is 0.494 e. The van der Waals surface area contributed by atoms with Gasteiger partial charge in [-0.15, -0.1) is 0 Å². The van der Waals surface area contributed by atoms with Crippen molar-refractivity contribution in [3.05, 3.63) is 64.6 Å². The van der Waals surface area contributed by atoms with E-state index in [1.807, 2.05) is 0 Å². The fraction of sp³-hybridized carbons (Fsp3) is 0.250. The molecule has 0 bridgehead atoms. The Kier molecular flexibility index (Phi) is 7.41. The number of methoxy groups -OCH3 is 1. The molecule has 3 amide bonds. The minimum absolute atomic E-state index is 0.0647. The van der Waals surface area contributed by atoms with Gasteiger partial charge in [-0.25, -0.2) is 9.37 Å². The lowest BCUT2D eigenvalue weighted by Crippen LogP contribution is -2.62. The molecule has 0 radical (unpaired) electrons. The van der Waals surface area contributed by atoms with Crippen LogP contribution in [0.2, 0.25) is 5.02 Å². The highest BCUT2D eigenvalue weighted by atomic mass is 35.5. The Balaban J connectivity index is 1.44. The summed E-state index contributed by atoms with van der Waals surface area (Å²) in [4.78, 5) is 42.5. The van der Waals surface area contributed by atoms with Crippen LogP contribution in [0.15, 0.2) is 36.5 Å². The summed E-state index contributed by atoms with van der Waals surface area (Å²) in [6.45, 7) is 0.648. The highest BCUT2D eigenvalue weighted by Crippen LogP contribution is 2.30. The Morgan fingerprint density at radius 2 is 1.89 bits per heavy atom. The number of hydrogen-bond acceptors (Lipinski definition) is 6. The predicted molar refractivity (Wildman–Crippen MR) is 131 cm³/mol. The second kappa shape index (κ2) is 10.5. The van der Waals surface area contributed by atoms with E-state index < -0.39 is 23.4 Å². The van der Waals surface area contributed by atoms with Crippen molar-refractivity contribution in [2.24, 2.45) is 12.8 Å². The molecule has 1 aliphatic heterocycles. The van der Waals surface area contributed by atoms with Gasteiger partial charge in [0.25, 0.3) is 11.8 Å². The molecule has 1 fully saturated rings. The zero-order valence-electron chi connectivity index (χ0n) is 19.8. The molecule has 2 aromatic carbocycles. The molecule has 0 saturated carbocycles. The summed E-state index contributed by atoms with van der Waals surface area (Å²) in [7, 11) is 2.71. The first-order chi connectivity index (χ1) is 17.6. The van der Waals surface area contributed by atoms with Gasteiger partial charge in [0.1, 0.15) is 0 Å². The Morgan fingerprint density at radius 3 is 2.54 bits per heavy atom. The summed E-state index contributed by atoms with van der Waals surface area (Å²) in [6.07, 6.45) is 1.25. The van der Waals surface area contributed by atoms with Crippen molar-refractivity contribution in [1.82, 2.24) is 19.8 Å². The van der Waals surface area contributed by atoms with Crippen LogP contribution in [0.3, 0.4) is 0 Å². The molecule has 0 atom stereocenters. The molecule has 1 aliphatic rings. The molecular formula is C24H23ClF2N6O4. The van der Waals surface area contributed by atoms with Crippen LogP contribution in [0.25, 0.3) is 11.3 Å². The van der Waals surface area contributed by atoms with Crippen molar-refractivity contribution in [2.45, 2.75) is 6.04 Å². The number of rotatable bonds is 7. The first-order valence-electron chi connectivity index (χ1n) is 11.1. The van der Waals surface area contributed by atoms with Crippen molar-refractivity contribution in [3.63, 3.8) is 0 Å². The molecule has 37 heavy (non-hydrogen) atoms. The van der Waals surface area contributed by atoms with Gasteiger partial charge < -0.3 is 30.6 Å². The normalized spacial score (nSPS) is 13.2. The number of anilines is 1. The number of aromatic nitrogens is 2. The molecule has 13 heteroatoms. The van der Waals surface area contributed by atoms with Crippen molar-refractivity contribution < 1.29 is 27.9 Å². The van der Waals surface area contributed by atoms with E-state index >= 15 is 0 Å². The molecule has 0 spiro atoms. The van der Waals surface area contributed by atoms with Crippen LogP contribution in [0.1, 0.15) is 21.0 Å². The van der Waals surface area contributed by atoms with E-state index in [4.69, 9.17) is 22.1 Å². The van der Waals surface area contributed by atoms with Crippen LogP contribution in [-0.4, -0.2) is 65.0 Å². The smallest absolute Gasteiger partial charge is 0.291 e. The monoisotopic (exact) mass is 532 g/mol. The zero-order valence-corrected chi connectivity index (χ0v) is 20.6. The average molecular weight is 533 g/mol. The van der Waals surface area contributed by atoms with Crippen molar-refractivity contribution in [2.75, 3.05) is 32.1 Å². The third-order valence-electron chi connectivity index (χ3n) is 5.95. The topological polar surface area (TPSA) is 132 Å².